The fraction of sp³-hybridized carbons (Fsp3) is 0.538. The summed E-state index contributed by atoms with van der Waals surface area (Å²) in [6.07, 6.45) is 1.39. The zero-order chi connectivity index (χ0) is 10.6. The van der Waals surface area contributed by atoms with Gasteiger partial charge in [-0.3, -0.25) is 0 Å². The van der Waals surface area contributed by atoms with E-state index in [0.717, 1.165) is 0 Å². The van der Waals surface area contributed by atoms with Crippen molar-refractivity contribution in [2.75, 3.05) is 7.11 Å². The van der Waals surface area contributed by atoms with Crippen molar-refractivity contribution >= 4 is 0 Å². The molecule has 0 spiro atoms. The Hall–Kier alpha value is -0.820. The third-order valence-electron chi connectivity index (χ3n) is 2.94. The van der Waals surface area contributed by atoms with Gasteiger partial charge in [0.25, 0.3) is 0 Å². The number of hydrogen-bond donors (Lipinski definition) is 0. The fourth-order valence-electron chi connectivity index (χ4n) is 1.47. The predicted molar refractivity (Wildman–Crippen MR) is 60.6 cm³/mol. The van der Waals surface area contributed by atoms with Gasteiger partial charge in [-0.1, -0.05) is 38.1 Å². The Morgan fingerprint density at radius 3 is 2.00 bits per heavy atom. The second kappa shape index (κ2) is 5.16. The number of benzene rings is 1. The molecule has 1 aromatic rings. The molecule has 0 aromatic heterocycles. The molecule has 1 nitrogen and oxygen atoms in total. The van der Waals surface area contributed by atoms with Gasteiger partial charge in [-0.2, -0.15) is 0 Å². The summed E-state index contributed by atoms with van der Waals surface area (Å²) in [5.41, 5.74) is 2.67. The molecule has 2 atom stereocenters. The van der Waals surface area contributed by atoms with Crippen LogP contribution in [0.1, 0.15) is 50.3 Å². The smallest absolute Gasteiger partial charge is 0.0793 e. The standard InChI is InChI=1S/C13H20O/c1-5-10(2)12-6-8-13(9-7-12)11(3)14-4/h6-11H,5H2,1-4H3. The average Bonchev–Trinajstić information content (AvgIpc) is 2.27. The van der Waals surface area contributed by atoms with Gasteiger partial charge >= 0.3 is 0 Å². The molecule has 78 valence electrons. The summed E-state index contributed by atoms with van der Waals surface area (Å²) in [7, 11) is 1.74. The van der Waals surface area contributed by atoms with Gasteiger partial charge in [0.05, 0.1) is 6.10 Å². The molecule has 14 heavy (non-hydrogen) atoms. The highest BCUT2D eigenvalue weighted by atomic mass is 16.5. The quantitative estimate of drug-likeness (QED) is 0.702. The van der Waals surface area contributed by atoms with Gasteiger partial charge in [0.2, 0.25) is 0 Å². The van der Waals surface area contributed by atoms with E-state index in [4.69, 9.17) is 4.74 Å². The highest BCUT2D eigenvalue weighted by Gasteiger charge is 2.05. The Balaban J connectivity index is 2.78. The van der Waals surface area contributed by atoms with E-state index in [1.807, 2.05) is 0 Å². The molecule has 0 fully saturated rings. The van der Waals surface area contributed by atoms with E-state index in [1.165, 1.54) is 17.5 Å². The van der Waals surface area contributed by atoms with Crippen molar-refractivity contribution in [3.63, 3.8) is 0 Å². The number of methoxy groups -OCH3 is 1. The first-order valence-corrected chi connectivity index (χ1v) is 5.31. The Bertz CT molecular complexity index is 234. The van der Waals surface area contributed by atoms with Crippen molar-refractivity contribution in [2.45, 2.75) is 39.2 Å². The lowest BCUT2D eigenvalue weighted by Crippen LogP contribution is -1.97. The molecular weight excluding hydrogens is 172 g/mol. The SMILES string of the molecule is CCC(C)c1ccc(C(C)OC)cc1. The normalized spacial score (nSPS) is 15.1. The van der Waals surface area contributed by atoms with Crippen molar-refractivity contribution in [1.82, 2.24) is 0 Å². The van der Waals surface area contributed by atoms with Gasteiger partial charge in [-0.25, -0.2) is 0 Å². The van der Waals surface area contributed by atoms with Crippen LogP contribution in [0.4, 0.5) is 0 Å². The first kappa shape index (κ1) is 11.3. The first-order valence-electron chi connectivity index (χ1n) is 5.31. The van der Waals surface area contributed by atoms with Crippen LogP contribution < -0.4 is 0 Å². The number of hydrogen-bond acceptors (Lipinski definition) is 1. The summed E-state index contributed by atoms with van der Waals surface area (Å²) < 4.78 is 5.26. The Kier molecular flexibility index (Phi) is 4.15. The van der Waals surface area contributed by atoms with Crippen LogP contribution in [0, 0.1) is 0 Å². The van der Waals surface area contributed by atoms with Crippen molar-refractivity contribution in [2.24, 2.45) is 0 Å². The third-order valence-corrected chi connectivity index (χ3v) is 2.94. The van der Waals surface area contributed by atoms with Gasteiger partial charge in [-0.15, -0.1) is 0 Å². The summed E-state index contributed by atoms with van der Waals surface area (Å²) in [6, 6.07) is 8.74. The van der Waals surface area contributed by atoms with E-state index in [1.54, 1.807) is 7.11 Å². The van der Waals surface area contributed by atoms with Crippen LogP contribution in [0.5, 0.6) is 0 Å². The highest BCUT2D eigenvalue weighted by molar-refractivity contribution is 5.26. The number of ether oxygens (including phenoxy) is 1. The summed E-state index contributed by atoms with van der Waals surface area (Å²) >= 11 is 0. The van der Waals surface area contributed by atoms with E-state index in [0.29, 0.717) is 5.92 Å². The largest absolute Gasteiger partial charge is 0.377 e. The van der Waals surface area contributed by atoms with Crippen molar-refractivity contribution in [3.05, 3.63) is 35.4 Å². The first-order chi connectivity index (χ1) is 6.69. The molecule has 0 saturated heterocycles. The lowest BCUT2D eigenvalue weighted by atomic mass is 9.97. The van der Waals surface area contributed by atoms with E-state index in [9.17, 15) is 0 Å². The minimum absolute atomic E-state index is 0.195. The van der Waals surface area contributed by atoms with Crippen LogP contribution in [0.15, 0.2) is 24.3 Å². The van der Waals surface area contributed by atoms with Gasteiger partial charge in [0.1, 0.15) is 0 Å². The average molecular weight is 192 g/mol. The molecule has 0 aliphatic rings. The van der Waals surface area contributed by atoms with Gasteiger partial charge in [-0.05, 0) is 30.4 Å². The lowest BCUT2D eigenvalue weighted by molar-refractivity contribution is 0.119. The predicted octanol–water partition coefficient (Wildman–Crippen LogP) is 3.91. The molecule has 2 unspecified atom stereocenters. The Morgan fingerprint density at radius 2 is 1.57 bits per heavy atom. The maximum absolute atomic E-state index is 5.26. The molecule has 1 aromatic carbocycles. The second-order valence-corrected chi connectivity index (χ2v) is 3.85. The van der Waals surface area contributed by atoms with Gasteiger partial charge < -0.3 is 4.74 Å². The summed E-state index contributed by atoms with van der Waals surface area (Å²) in [4.78, 5) is 0. The van der Waals surface area contributed by atoms with Crippen LogP contribution in [0.2, 0.25) is 0 Å². The second-order valence-electron chi connectivity index (χ2n) is 3.85. The van der Waals surface area contributed by atoms with Crippen LogP contribution >= 0.6 is 0 Å². The fourth-order valence-corrected chi connectivity index (χ4v) is 1.47. The summed E-state index contributed by atoms with van der Waals surface area (Å²) in [5.74, 6) is 0.655. The molecule has 0 heterocycles. The molecule has 1 rings (SSSR count). The van der Waals surface area contributed by atoms with Crippen molar-refractivity contribution in [1.29, 1.82) is 0 Å². The summed E-state index contributed by atoms with van der Waals surface area (Å²) in [5, 5.41) is 0. The maximum atomic E-state index is 5.26. The monoisotopic (exact) mass is 192 g/mol. The Labute approximate surface area is 87.1 Å². The molecule has 0 amide bonds. The minimum atomic E-state index is 0.195. The molecular formula is C13H20O. The maximum Gasteiger partial charge on any atom is 0.0793 e. The van der Waals surface area contributed by atoms with E-state index < -0.39 is 0 Å². The van der Waals surface area contributed by atoms with Gasteiger partial charge in [0.15, 0.2) is 0 Å². The van der Waals surface area contributed by atoms with E-state index in [-0.39, 0.29) is 6.10 Å². The molecule has 0 aliphatic heterocycles. The topological polar surface area (TPSA) is 9.23 Å². The molecule has 0 bridgehead atoms. The van der Waals surface area contributed by atoms with Crippen LogP contribution in [0.3, 0.4) is 0 Å². The minimum Gasteiger partial charge on any atom is -0.377 e. The highest BCUT2D eigenvalue weighted by Crippen LogP contribution is 2.22. The lowest BCUT2D eigenvalue weighted by Gasteiger charge is -2.12. The summed E-state index contributed by atoms with van der Waals surface area (Å²) in [6.45, 7) is 6.55. The van der Waals surface area contributed by atoms with Gasteiger partial charge in [0, 0.05) is 7.11 Å². The molecule has 0 N–H and O–H groups in total. The molecule has 1 heteroatoms. The zero-order valence-electron chi connectivity index (χ0n) is 9.58. The van der Waals surface area contributed by atoms with E-state index in [2.05, 4.69) is 45.0 Å². The number of rotatable bonds is 4. The molecule has 0 radical (unpaired) electrons. The third kappa shape index (κ3) is 2.58. The molecule has 0 aliphatic carbocycles. The van der Waals surface area contributed by atoms with Crippen LogP contribution in [0.25, 0.3) is 0 Å². The van der Waals surface area contributed by atoms with Crippen molar-refractivity contribution in [3.8, 4) is 0 Å². The van der Waals surface area contributed by atoms with Crippen LogP contribution in [-0.4, -0.2) is 7.11 Å². The molecule has 0 saturated carbocycles. The Morgan fingerprint density at radius 1 is 1.07 bits per heavy atom. The van der Waals surface area contributed by atoms with E-state index >= 15 is 0 Å². The van der Waals surface area contributed by atoms with Crippen molar-refractivity contribution < 1.29 is 4.74 Å². The van der Waals surface area contributed by atoms with Crippen LogP contribution in [-0.2, 0) is 4.74 Å². The zero-order valence-corrected chi connectivity index (χ0v) is 9.58.